The van der Waals surface area contributed by atoms with Crippen LogP contribution in [-0.2, 0) is 9.59 Å². The Labute approximate surface area is 65.9 Å². The van der Waals surface area contributed by atoms with Gasteiger partial charge in [0.2, 0.25) is 0 Å². The van der Waals surface area contributed by atoms with Gasteiger partial charge in [-0.05, 0) is 13.1 Å². The van der Waals surface area contributed by atoms with Gasteiger partial charge < -0.3 is 11.5 Å². The minimum atomic E-state index is -0.0917. The van der Waals surface area contributed by atoms with Crippen molar-refractivity contribution in [2.75, 3.05) is 13.1 Å². The maximum Gasteiger partial charge on any atom is 0.141 e. The summed E-state index contributed by atoms with van der Waals surface area (Å²) in [5.74, 6) is -0.183. The highest BCUT2D eigenvalue weighted by Gasteiger charge is 2.06. The van der Waals surface area contributed by atoms with Crippen LogP contribution in [0, 0.1) is 0 Å². The van der Waals surface area contributed by atoms with Gasteiger partial charge in [-0.3, -0.25) is 9.59 Å². The van der Waals surface area contributed by atoms with Crippen LogP contribution in [0.3, 0.4) is 0 Å². The van der Waals surface area contributed by atoms with Gasteiger partial charge in [0.15, 0.2) is 0 Å². The molecule has 0 fully saturated rings. The molecule has 11 heavy (non-hydrogen) atoms. The van der Waals surface area contributed by atoms with Gasteiger partial charge in [-0.1, -0.05) is 0 Å². The van der Waals surface area contributed by atoms with Crippen molar-refractivity contribution in [2.45, 2.75) is 19.3 Å². The van der Waals surface area contributed by atoms with E-state index >= 15 is 0 Å². The second-order valence-electron chi connectivity index (χ2n) is 2.33. The fraction of sp³-hybridized carbons (Fsp3) is 0.714. The van der Waals surface area contributed by atoms with Crippen molar-refractivity contribution in [1.29, 1.82) is 0 Å². The molecular formula is C7H14N2O2. The number of hydrogen-bond donors (Lipinski definition) is 2. The van der Waals surface area contributed by atoms with E-state index in [0.29, 0.717) is 13.1 Å². The van der Waals surface area contributed by atoms with Crippen molar-refractivity contribution in [3.63, 3.8) is 0 Å². The molecule has 4 N–H and O–H groups in total. The quantitative estimate of drug-likeness (QED) is 0.496. The van der Waals surface area contributed by atoms with Crippen LogP contribution in [0.4, 0.5) is 0 Å². The highest BCUT2D eigenvalue weighted by atomic mass is 16.1. The number of carbonyl (C=O) groups excluding carboxylic acids is 2. The van der Waals surface area contributed by atoms with Gasteiger partial charge >= 0.3 is 0 Å². The molecule has 0 unspecified atom stereocenters. The van der Waals surface area contributed by atoms with Crippen LogP contribution < -0.4 is 11.5 Å². The van der Waals surface area contributed by atoms with Crippen LogP contribution in [0.2, 0.25) is 0 Å². The van der Waals surface area contributed by atoms with E-state index in [1.54, 1.807) is 0 Å². The number of nitrogens with two attached hydrogens (primary N) is 2. The van der Waals surface area contributed by atoms with Gasteiger partial charge in [0.25, 0.3) is 0 Å². The Morgan fingerprint density at radius 3 is 1.55 bits per heavy atom. The maximum atomic E-state index is 10.8. The Kier molecular flexibility index (Phi) is 5.60. The summed E-state index contributed by atoms with van der Waals surface area (Å²) < 4.78 is 0. The number of rotatable bonds is 6. The molecule has 0 spiro atoms. The SMILES string of the molecule is NCCC(=O)CC(=O)CCN. The smallest absolute Gasteiger partial charge is 0.141 e. The van der Waals surface area contributed by atoms with Crippen molar-refractivity contribution in [3.8, 4) is 0 Å². The first-order chi connectivity index (χ1) is 5.20. The summed E-state index contributed by atoms with van der Waals surface area (Å²) in [7, 11) is 0. The molecule has 0 aromatic carbocycles. The van der Waals surface area contributed by atoms with E-state index in [1.165, 1.54) is 0 Å². The lowest BCUT2D eigenvalue weighted by Crippen LogP contribution is -2.15. The molecular weight excluding hydrogens is 144 g/mol. The topological polar surface area (TPSA) is 86.2 Å². The zero-order valence-electron chi connectivity index (χ0n) is 6.51. The second kappa shape index (κ2) is 6.00. The zero-order chi connectivity index (χ0) is 8.69. The Morgan fingerprint density at radius 2 is 1.27 bits per heavy atom. The molecule has 0 bridgehead atoms. The fourth-order valence-corrected chi connectivity index (χ4v) is 0.719. The van der Waals surface area contributed by atoms with Crippen LogP contribution in [0.25, 0.3) is 0 Å². The average Bonchev–Trinajstić information content (AvgIpc) is 1.87. The molecule has 0 aromatic rings. The molecule has 4 heteroatoms. The highest BCUT2D eigenvalue weighted by molar-refractivity contribution is 5.99. The maximum absolute atomic E-state index is 10.8. The third kappa shape index (κ3) is 5.69. The zero-order valence-corrected chi connectivity index (χ0v) is 6.51. The summed E-state index contributed by atoms with van der Waals surface area (Å²) >= 11 is 0. The van der Waals surface area contributed by atoms with Crippen LogP contribution in [-0.4, -0.2) is 24.7 Å². The summed E-state index contributed by atoms with van der Waals surface area (Å²) in [6.07, 6.45) is 0.570. The van der Waals surface area contributed by atoms with E-state index < -0.39 is 0 Å². The predicted molar refractivity (Wildman–Crippen MR) is 42.0 cm³/mol. The van der Waals surface area contributed by atoms with Crippen molar-refractivity contribution in [1.82, 2.24) is 0 Å². The molecule has 0 amide bonds. The van der Waals surface area contributed by atoms with Gasteiger partial charge in [0.1, 0.15) is 11.6 Å². The molecule has 0 aliphatic rings. The van der Waals surface area contributed by atoms with Gasteiger partial charge in [-0.15, -0.1) is 0 Å². The van der Waals surface area contributed by atoms with Gasteiger partial charge in [-0.25, -0.2) is 0 Å². The molecule has 0 aliphatic heterocycles. The Bertz CT molecular complexity index is 129. The van der Waals surface area contributed by atoms with Gasteiger partial charge in [0.05, 0.1) is 6.42 Å². The summed E-state index contributed by atoms with van der Waals surface area (Å²) in [5.41, 5.74) is 10.2. The first-order valence-electron chi connectivity index (χ1n) is 3.64. The van der Waals surface area contributed by atoms with Gasteiger partial charge in [0, 0.05) is 12.8 Å². The molecule has 0 rings (SSSR count). The highest BCUT2D eigenvalue weighted by Crippen LogP contribution is 1.92. The van der Waals surface area contributed by atoms with E-state index in [2.05, 4.69) is 0 Å². The average molecular weight is 158 g/mol. The van der Waals surface area contributed by atoms with E-state index in [1.807, 2.05) is 0 Å². The molecule has 0 saturated carbocycles. The second-order valence-corrected chi connectivity index (χ2v) is 2.33. The summed E-state index contributed by atoms with van der Waals surface area (Å²) in [5, 5.41) is 0. The molecule has 0 saturated heterocycles. The van der Waals surface area contributed by atoms with E-state index in [9.17, 15) is 9.59 Å². The first kappa shape index (κ1) is 10.3. The fourth-order valence-electron chi connectivity index (χ4n) is 0.719. The largest absolute Gasteiger partial charge is 0.330 e. The normalized spacial score (nSPS) is 9.64. The van der Waals surface area contributed by atoms with Crippen LogP contribution in [0.15, 0.2) is 0 Å². The minimum absolute atomic E-state index is 0.00556. The molecule has 0 aromatic heterocycles. The number of hydrogen-bond acceptors (Lipinski definition) is 4. The standard InChI is InChI=1S/C7H14N2O2/c8-3-1-6(10)5-7(11)2-4-9/h1-5,8-9H2. The van der Waals surface area contributed by atoms with E-state index in [4.69, 9.17) is 11.5 Å². The lowest BCUT2D eigenvalue weighted by molar-refractivity contribution is -0.126. The molecule has 64 valence electrons. The van der Waals surface area contributed by atoms with Crippen LogP contribution in [0.5, 0.6) is 0 Å². The lowest BCUT2D eigenvalue weighted by atomic mass is 10.1. The third-order valence-electron chi connectivity index (χ3n) is 1.24. The number of ketones is 2. The molecule has 0 radical (unpaired) electrons. The van der Waals surface area contributed by atoms with Crippen LogP contribution in [0.1, 0.15) is 19.3 Å². The summed E-state index contributed by atoms with van der Waals surface area (Å²) in [6.45, 7) is 0.628. The van der Waals surface area contributed by atoms with Crippen molar-refractivity contribution < 1.29 is 9.59 Å². The van der Waals surface area contributed by atoms with Crippen molar-refractivity contribution in [3.05, 3.63) is 0 Å². The van der Waals surface area contributed by atoms with E-state index in [-0.39, 0.29) is 30.8 Å². The molecule has 0 heterocycles. The minimum Gasteiger partial charge on any atom is -0.330 e. The summed E-state index contributed by atoms with van der Waals surface area (Å²) in [4.78, 5) is 21.6. The summed E-state index contributed by atoms with van der Waals surface area (Å²) in [6, 6.07) is 0. The van der Waals surface area contributed by atoms with Crippen molar-refractivity contribution in [2.24, 2.45) is 11.5 Å². The molecule has 0 aliphatic carbocycles. The van der Waals surface area contributed by atoms with Crippen LogP contribution >= 0.6 is 0 Å². The van der Waals surface area contributed by atoms with Gasteiger partial charge in [-0.2, -0.15) is 0 Å². The molecule has 0 atom stereocenters. The Balaban J connectivity index is 3.49. The van der Waals surface area contributed by atoms with E-state index in [0.717, 1.165) is 0 Å². The third-order valence-corrected chi connectivity index (χ3v) is 1.24. The predicted octanol–water partition coefficient (Wildman–Crippen LogP) is -0.788. The Morgan fingerprint density at radius 1 is 0.909 bits per heavy atom. The monoisotopic (exact) mass is 158 g/mol. The van der Waals surface area contributed by atoms with Crippen molar-refractivity contribution >= 4 is 11.6 Å². The lowest BCUT2D eigenvalue weighted by Gasteiger charge is -1.96. The Hall–Kier alpha value is -0.740. The molecule has 4 nitrogen and oxygen atoms in total. The number of carbonyl (C=O) groups is 2. The number of Topliss-reactive ketones (excluding diaryl/α,β-unsaturated/α-hetero) is 2. The first-order valence-corrected chi connectivity index (χ1v) is 3.64.